The molecule has 0 radical (unpaired) electrons. The first-order valence-electron chi connectivity index (χ1n) is 7.32. The van der Waals surface area contributed by atoms with Gasteiger partial charge < -0.3 is 9.64 Å². The molecular weight excluding hydrogens is 282 g/mol. The fraction of sp³-hybridized carbons (Fsp3) is 0.400. The number of amides is 2. The van der Waals surface area contributed by atoms with Crippen LogP contribution in [-0.2, 0) is 13.5 Å². The number of carbonyl (C=O) groups is 1. The Morgan fingerprint density at radius 2 is 2.18 bits per heavy atom. The number of anilines is 1. The molecule has 1 aromatic heterocycles. The highest BCUT2D eigenvalue weighted by Gasteiger charge is 2.32. The minimum absolute atomic E-state index is 0.0420. The monoisotopic (exact) mass is 301 g/mol. The van der Waals surface area contributed by atoms with Gasteiger partial charge in [0.25, 0.3) is 0 Å². The van der Waals surface area contributed by atoms with Crippen molar-refractivity contribution in [3.05, 3.63) is 36.0 Å². The Morgan fingerprint density at radius 1 is 1.41 bits per heavy atom. The molecule has 0 spiro atoms. The lowest BCUT2D eigenvalue weighted by Crippen LogP contribution is -2.57. The lowest BCUT2D eigenvalue weighted by Gasteiger charge is -2.38. The highest BCUT2D eigenvalue weighted by Crippen LogP contribution is 2.23. The van der Waals surface area contributed by atoms with E-state index in [1.165, 1.54) is 5.56 Å². The third-order valence-corrected chi connectivity index (χ3v) is 3.62. The number of urea groups is 1. The van der Waals surface area contributed by atoms with Crippen LogP contribution in [0.2, 0.25) is 0 Å². The molecule has 0 unspecified atom stereocenters. The second-order valence-electron chi connectivity index (χ2n) is 5.31. The van der Waals surface area contributed by atoms with Gasteiger partial charge in [-0.15, -0.1) is 5.10 Å². The molecule has 1 saturated heterocycles. The van der Waals surface area contributed by atoms with E-state index in [2.05, 4.69) is 28.6 Å². The van der Waals surface area contributed by atoms with Crippen molar-refractivity contribution in [2.75, 3.05) is 18.4 Å². The third-order valence-electron chi connectivity index (χ3n) is 3.62. The van der Waals surface area contributed by atoms with Crippen molar-refractivity contribution in [1.82, 2.24) is 19.9 Å². The molecule has 3 rings (SSSR count). The van der Waals surface area contributed by atoms with Crippen LogP contribution in [0.1, 0.15) is 12.5 Å². The molecule has 1 aliphatic rings. The van der Waals surface area contributed by atoms with Crippen molar-refractivity contribution in [2.24, 2.45) is 7.05 Å². The first kappa shape index (κ1) is 14.4. The number of ether oxygens (including phenoxy) is 1. The van der Waals surface area contributed by atoms with Crippen LogP contribution in [0.15, 0.2) is 30.5 Å². The fourth-order valence-electron chi connectivity index (χ4n) is 2.36. The molecule has 1 aliphatic heterocycles. The molecule has 7 heteroatoms. The minimum atomic E-state index is -0.177. The fourth-order valence-corrected chi connectivity index (χ4v) is 2.36. The van der Waals surface area contributed by atoms with E-state index in [0.29, 0.717) is 18.9 Å². The number of rotatable bonds is 4. The molecule has 0 aliphatic carbocycles. The number of hydrogen-bond donors (Lipinski definition) is 1. The van der Waals surface area contributed by atoms with Gasteiger partial charge in [-0.05, 0) is 18.1 Å². The van der Waals surface area contributed by atoms with E-state index in [1.807, 2.05) is 18.2 Å². The van der Waals surface area contributed by atoms with Crippen molar-refractivity contribution in [3.63, 3.8) is 0 Å². The molecule has 1 N–H and O–H groups in total. The number of carbonyl (C=O) groups excluding carboxylic acids is 1. The van der Waals surface area contributed by atoms with E-state index in [1.54, 1.807) is 22.8 Å². The van der Waals surface area contributed by atoms with Crippen LogP contribution in [0.25, 0.3) is 0 Å². The number of likely N-dealkylation sites (tertiary alicyclic amines) is 1. The summed E-state index contributed by atoms with van der Waals surface area (Å²) in [5, 5.41) is 10.3. The number of aryl methyl sites for hydroxylation is 2. The zero-order valence-corrected chi connectivity index (χ0v) is 12.7. The van der Waals surface area contributed by atoms with Crippen molar-refractivity contribution in [1.29, 1.82) is 0 Å². The summed E-state index contributed by atoms with van der Waals surface area (Å²) in [7, 11) is 1.75. The van der Waals surface area contributed by atoms with Gasteiger partial charge in [-0.3, -0.25) is 10.00 Å². The normalized spacial score (nSPS) is 14.5. The van der Waals surface area contributed by atoms with Gasteiger partial charge in [0.05, 0.1) is 19.3 Å². The summed E-state index contributed by atoms with van der Waals surface area (Å²) in [6.07, 6.45) is 2.63. The number of para-hydroxylation sites is 1. The molecule has 0 bridgehead atoms. The van der Waals surface area contributed by atoms with E-state index in [4.69, 9.17) is 4.74 Å². The number of nitrogens with zero attached hydrogens (tertiary/aromatic N) is 4. The zero-order chi connectivity index (χ0) is 15.5. The van der Waals surface area contributed by atoms with Gasteiger partial charge in [0.2, 0.25) is 0 Å². The highest BCUT2D eigenvalue weighted by molar-refractivity contribution is 5.88. The van der Waals surface area contributed by atoms with E-state index in [9.17, 15) is 4.79 Å². The van der Waals surface area contributed by atoms with Crippen molar-refractivity contribution >= 4 is 11.8 Å². The second-order valence-corrected chi connectivity index (χ2v) is 5.31. The maximum absolute atomic E-state index is 12.0. The number of benzene rings is 1. The predicted octanol–water partition coefficient (Wildman–Crippen LogP) is 1.67. The Morgan fingerprint density at radius 3 is 2.86 bits per heavy atom. The average Bonchev–Trinajstić information content (AvgIpc) is 2.87. The summed E-state index contributed by atoms with van der Waals surface area (Å²) in [4.78, 5) is 13.7. The summed E-state index contributed by atoms with van der Waals surface area (Å²) < 4.78 is 7.49. The largest absolute Gasteiger partial charge is 0.486 e. The van der Waals surface area contributed by atoms with Crippen LogP contribution >= 0.6 is 0 Å². The molecule has 1 aromatic carbocycles. The number of aromatic nitrogens is 3. The first-order valence-corrected chi connectivity index (χ1v) is 7.32. The van der Waals surface area contributed by atoms with E-state index >= 15 is 0 Å². The summed E-state index contributed by atoms with van der Waals surface area (Å²) in [5.41, 5.74) is 1.19. The van der Waals surface area contributed by atoms with Gasteiger partial charge in [-0.25, -0.2) is 4.79 Å². The smallest absolute Gasteiger partial charge is 0.323 e. The van der Waals surface area contributed by atoms with Gasteiger partial charge in [0.15, 0.2) is 5.82 Å². The van der Waals surface area contributed by atoms with Crippen LogP contribution in [0, 0.1) is 0 Å². The Balaban J connectivity index is 1.50. The Labute approximate surface area is 128 Å². The van der Waals surface area contributed by atoms with Gasteiger partial charge in [0, 0.05) is 7.05 Å². The second kappa shape index (κ2) is 6.05. The average molecular weight is 301 g/mol. The Bertz CT molecular complexity index is 663. The molecule has 2 heterocycles. The summed E-state index contributed by atoms with van der Waals surface area (Å²) in [6.45, 7) is 3.25. The zero-order valence-electron chi connectivity index (χ0n) is 12.7. The van der Waals surface area contributed by atoms with Crippen LogP contribution < -0.4 is 10.1 Å². The van der Waals surface area contributed by atoms with Gasteiger partial charge in [0.1, 0.15) is 11.9 Å². The van der Waals surface area contributed by atoms with Crippen molar-refractivity contribution in [2.45, 2.75) is 19.4 Å². The molecule has 22 heavy (non-hydrogen) atoms. The van der Waals surface area contributed by atoms with Crippen LogP contribution in [-0.4, -0.2) is 45.1 Å². The van der Waals surface area contributed by atoms with E-state index in [0.717, 1.165) is 12.2 Å². The predicted molar refractivity (Wildman–Crippen MR) is 81.8 cm³/mol. The van der Waals surface area contributed by atoms with Crippen molar-refractivity contribution in [3.8, 4) is 5.75 Å². The number of hydrogen-bond acceptors (Lipinski definition) is 4. The molecule has 7 nitrogen and oxygen atoms in total. The third kappa shape index (κ3) is 3.03. The highest BCUT2D eigenvalue weighted by atomic mass is 16.5. The maximum atomic E-state index is 12.0. The minimum Gasteiger partial charge on any atom is -0.486 e. The van der Waals surface area contributed by atoms with Gasteiger partial charge >= 0.3 is 6.03 Å². The summed E-state index contributed by atoms with van der Waals surface area (Å²) in [5.74, 6) is 1.36. The quantitative estimate of drug-likeness (QED) is 0.932. The van der Waals surface area contributed by atoms with Crippen LogP contribution in [0.3, 0.4) is 0 Å². The Kier molecular flexibility index (Phi) is 3.95. The lowest BCUT2D eigenvalue weighted by atomic mass is 10.1. The lowest BCUT2D eigenvalue weighted by molar-refractivity contribution is 0.0486. The van der Waals surface area contributed by atoms with Gasteiger partial charge in [-0.1, -0.05) is 30.3 Å². The van der Waals surface area contributed by atoms with E-state index in [-0.39, 0.29) is 12.1 Å². The maximum Gasteiger partial charge on any atom is 0.323 e. The Hall–Kier alpha value is -2.57. The van der Waals surface area contributed by atoms with Crippen molar-refractivity contribution < 1.29 is 9.53 Å². The number of nitrogens with one attached hydrogen (secondary N) is 1. The molecule has 0 atom stereocenters. The van der Waals surface area contributed by atoms with E-state index < -0.39 is 0 Å². The van der Waals surface area contributed by atoms with Crippen LogP contribution in [0.4, 0.5) is 10.6 Å². The first-order chi connectivity index (χ1) is 10.7. The van der Waals surface area contributed by atoms with Crippen LogP contribution in [0.5, 0.6) is 5.75 Å². The van der Waals surface area contributed by atoms with Gasteiger partial charge in [-0.2, -0.15) is 0 Å². The SMILES string of the molecule is CCc1ccccc1OC1CN(C(=O)Nc2cn(C)nn2)C1. The molecule has 2 amide bonds. The summed E-state index contributed by atoms with van der Waals surface area (Å²) in [6, 6.07) is 7.83. The molecule has 1 fully saturated rings. The molecule has 2 aromatic rings. The standard InChI is InChI=1S/C15H19N5O2/c1-3-11-6-4-5-7-13(11)22-12-8-20(9-12)15(21)16-14-10-19(2)18-17-14/h4-7,10,12H,3,8-9H2,1-2H3,(H,16,21). The molecule has 116 valence electrons. The molecule has 0 saturated carbocycles. The topological polar surface area (TPSA) is 72.3 Å². The molecular formula is C15H19N5O2. The summed E-state index contributed by atoms with van der Waals surface area (Å²) >= 11 is 0.